The van der Waals surface area contributed by atoms with Gasteiger partial charge in [-0.05, 0) is 35.8 Å². The van der Waals surface area contributed by atoms with E-state index < -0.39 is 0 Å². The van der Waals surface area contributed by atoms with Gasteiger partial charge in [0.15, 0.2) is 0 Å². The van der Waals surface area contributed by atoms with E-state index in [-0.39, 0.29) is 0 Å². The molecule has 4 heteroatoms. The number of halogens is 1. The van der Waals surface area contributed by atoms with Crippen molar-refractivity contribution in [3.05, 3.63) is 22.2 Å². The number of nitrogens with one attached hydrogen (secondary N) is 1. The Morgan fingerprint density at radius 1 is 1.53 bits per heavy atom. The minimum absolute atomic E-state index is 0.617. The summed E-state index contributed by atoms with van der Waals surface area (Å²) >= 11 is 3.50. The van der Waals surface area contributed by atoms with Gasteiger partial charge in [-0.25, -0.2) is 9.97 Å². The minimum Gasteiger partial charge on any atom is -0.319 e. The summed E-state index contributed by atoms with van der Waals surface area (Å²) in [6.07, 6.45) is 6.70. The molecule has 0 spiro atoms. The molecule has 1 aliphatic rings. The zero-order valence-corrected chi connectivity index (χ0v) is 10.5. The molecule has 0 saturated heterocycles. The lowest BCUT2D eigenvalue weighted by Crippen LogP contribution is -2.16. The lowest BCUT2D eigenvalue weighted by molar-refractivity contribution is 0.400. The van der Waals surface area contributed by atoms with E-state index in [1.807, 2.05) is 13.2 Å². The van der Waals surface area contributed by atoms with Gasteiger partial charge in [0.25, 0.3) is 0 Å². The van der Waals surface area contributed by atoms with Gasteiger partial charge in [-0.1, -0.05) is 6.42 Å². The third-order valence-corrected chi connectivity index (χ3v) is 3.58. The highest BCUT2D eigenvalue weighted by Gasteiger charge is 2.22. The van der Waals surface area contributed by atoms with Crippen molar-refractivity contribution in [1.29, 1.82) is 0 Å². The molecule has 82 valence electrons. The Morgan fingerprint density at radius 2 is 2.33 bits per heavy atom. The van der Waals surface area contributed by atoms with Crippen molar-refractivity contribution in [2.75, 3.05) is 13.6 Å². The van der Waals surface area contributed by atoms with E-state index in [2.05, 4.69) is 31.2 Å². The van der Waals surface area contributed by atoms with Crippen LogP contribution in [-0.2, 0) is 6.42 Å². The first-order chi connectivity index (χ1) is 7.31. The zero-order chi connectivity index (χ0) is 10.7. The molecule has 1 fully saturated rings. The molecule has 1 aromatic rings. The van der Waals surface area contributed by atoms with E-state index >= 15 is 0 Å². The number of nitrogens with zero attached hydrogens (tertiary/aromatic N) is 2. The average molecular weight is 270 g/mol. The second-order valence-corrected chi connectivity index (χ2v) is 4.86. The Balaban J connectivity index is 2.12. The molecule has 1 heterocycles. The molecular weight excluding hydrogens is 254 g/mol. The zero-order valence-electron chi connectivity index (χ0n) is 8.96. The second-order valence-electron chi connectivity index (χ2n) is 4.00. The van der Waals surface area contributed by atoms with Crippen molar-refractivity contribution in [3.63, 3.8) is 0 Å². The quantitative estimate of drug-likeness (QED) is 0.912. The van der Waals surface area contributed by atoms with E-state index in [4.69, 9.17) is 0 Å². The van der Waals surface area contributed by atoms with Gasteiger partial charge in [-0.3, -0.25) is 0 Å². The topological polar surface area (TPSA) is 37.8 Å². The van der Waals surface area contributed by atoms with Crippen LogP contribution < -0.4 is 5.32 Å². The van der Waals surface area contributed by atoms with E-state index in [0.717, 1.165) is 29.0 Å². The second kappa shape index (κ2) is 5.03. The van der Waals surface area contributed by atoms with Gasteiger partial charge in [-0.15, -0.1) is 0 Å². The summed E-state index contributed by atoms with van der Waals surface area (Å²) in [5, 5.41) is 3.14. The number of hydrogen-bond donors (Lipinski definition) is 1. The first kappa shape index (κ1) is 11.0. The van der Waals surface area contributed by atoms with Crippen LogP contribution in [0.5, 0.6) is 0 Å². The highest BCUT2D eigenvalue weighted by molar-refractivity contribution is 9.10. The fraction of sp³-hybridized carbons (Fsp3) is 0.636. The SMILES string of the molecule is CNCCc1nc(C2CCC2)ncc1Br. The largest absolute Gasteiger partial charge is 0.319 e. The molecule has 15 heavy (non-hydrogen) atoms. The average Bonchev–Trinajstić information content (AvgIpc) is 2.16. The normalized spacial score (nSPS) is 16.4. The summed E-state index contributed by atoms with van der Waals surface area (Å²) in [6.45, 7) is 0.958. The van der Waals surface area contributed by atoms with Gasteiger partial charge in [0.05, 0.1) is 10.2 Å². The van der Waals surface area contributed by atoms with E-state index in [9.17, 15) is 0 Å². The predicted octanol–water partition coefficient (Wildman–Crippen LogP) is 2.27. The summed E-state index contributed by atoms with van der Waals surface area (Å²) in [6, 6.07) is 0. The molecule has 0 unspecified atom stereocenters. The first-order valence-electron chi connectivity index (χ1n) is 5.47. The molecule has 0 bridgehead atoms. The van der Waals surface area contributed by atoms with Crippen molar-refractivity contribution >= 4 is 15.9 Å². The fourth-order valence-corrected chi connectivity index (χ4v) is 2.09. The van der Waals surface area contributed by atoms with Crippen LogP contribution in [0.4, 0.5) is 0 Å². The predicted molar refractivity (Wildman–Crippen MR) is 64.0 cm³/mol. The Labute approximate surface area is 98.8 Å². The lowest BCUT2D eigenvalue weighted by atomic mass is 9.85. The molecule has 3 nitrogen and oxygen atoms in total. The molecule has 0 aromatic carbocycles. The van der Waals surface area contributed by atoms with Crippen LogP contribution in [0.3, 0.4) is 0 Å². The molecule has 0 amide bonds. The van der Waals surface area contributed by atoms with Crippen LogP contribution >= 0.6 is 15.9 Å². The number of likely N-dealkylation sites (N-methyl/N-ethyl adjacent to an activating group) is 1. The molecule has 1 aliphatic carbocycles. The summed E-state index contributed by atoms with van der Waals surface area (Å²) < 4.78 is 1.03. The molecule has 1 aromatic heterocycles. The lowest BCUT2D eigenvalue weighted by Gasteiger charge is -2.24. The third kappa shape index (κ3) is 2.55. The van der Waals surface area contributed by atoms with Crippen LogP contribution in [0.1, 0.15) is 36.7 Å². The van der Waals surface area contributed by atoms with Crippen molar-refractivity contribution < 1.29 is 0 Å². The molecule has 0 atom stereocenters. The summed E-state index contributed by atoms with van der Waals surface area (Å²) in [5.74, 6) is 1.65. The van der Waals surface area contributed by atoms with Gasteiger partial charge in [0.2, 0.25) is 0 Å². The van der Waals surface area contributed by atoms with Crippen LogP contribution in [0.2, 0.25) is 0 Å². The van der Waals surface area contributed by atoms with Gasteiger partial charge in [0, 0.05) is 25.1 Å². The van der Waals surface area contributed by atoms with Gasteiger partial charge in [0.1, 0.15) is 5.82 Å². The number of aromatic nitrogens is 2. The van der Waals surface area contributed by atoms with E-state index in [1.165, 1.54) is 19.3 Å². The molecule has 1 saturated carbocycles. The fourth-order valence-electron chi connectivity index (χ4n) is 1.70. The maximum atomic E-state index is 4.63. The first-order valence-corrected chi connectivity index (χ1v) is 6.26. The molecular formula is C11H16BrN3. The molecule has 1 N–H and O–H groups in total. The third-order valence-electron chi connectivity index (χ3n) is 2.92. The van der Waals surface area contributed by atoms with E-state index in [0.29, 0.717) is 5.92 Å². The minimum atomic E-state index is 0.617. The number of rotatable bonds is 4. The Hall–Kier alpha value is -0.480. The summed E-state index contributed by atoms with van der Waals surface area (Å²) in [7, 11) is 1.96. The van der Waals surface area contributed by atoms with Crippen LogP contribution in [0, 0.1) is 0 Å². The molecule has 0 radical (unpaired) electrons. The van der Waals surface area contributed by atoms with Crippen molar-refractivity contribution in [1.82, 2.24) is 15.3 Å². The Bertz CT molecular complexity index is 337. The summed E-state index contributed by atoms with van der Waals surface area (Å²) in [5.41, 5.74) is 1.13. The highest BCUT2D eigenvalue weighted by atomic mass is 79.9. The molecule has 2 rings (SSSR count). The Kier molecular flexibility index (Phi) is 3.70. The van der Waals surface area contributed by atoms with Crippen LogP contribution in [0.25, 0.3) is 0 Å². The van der Waals surface area contributed by atoms with E-state index in [1.54, 1.807) is 0 Å². The maximum absolute atomic E-state index is 4.63. The van der Waals surface area contributed by atoms with Gasteiger partial charge in [-0.2, -0.15) is 0 Å². The molecule has 0 aliphatic heterocycles. The standard InChI is InChI=1S/C11H16BrN3/c1-13-6-5-10-9(12)7-14-11(15-10)8-3-2-4-8/h7-8,13H,2-6H2,1H3. The Morgan fingerprint density at radius 3 is 2.93 bits per heavy atom. The van der Waals surface area contributed by atoms with Gasteiger partial charge < -0.3 is 5.32 Å². The van der Waals surface area contributed by atoms with Crippen LogP contribution in [0.15, 0.2) is 10.7 Å². The van der Waals surface area contributed by atoms with Crippen LogP contribution in [-0.4, -0.2) is 23.6 Å². The maximum Gasteiger partial charge on any atom is 0.131 e. The van der Waals surface area contributed by atoms with Crippen molar-refractivity contribution in [2.24, 2.45) is 0 Å². The monoisotopic (exact) mass is 269 g/mol. The highest BCUT2D eigenvalue weighted by Crippen LogP contribution is 2.34. The number of hydrogen-bond acceptors (Lipinski definition) is 3. The van der Waals surface area contributed by atoms with Gasteiger partial charge >= 0.3 is 0 Å². The van der Waals surface area contributed by atoms with Crippen molar-refractivity contribution in [3.8, 4) is 0 Å². The van der Waals surface area contributed by atoms with Crippen molar-refractivity contribution in [2.45, 2.75) is 31.6 Å². The summed E-state index contributed by atoms with van der Waals surface area (Å²) in [4.78, 5) is 9.02. The smallest absolute Gasteiger partial charge is 0.131 e.